The number of morpholine rings is 1. The molecule has 1 aromatic carbocycles. The molecule has 1 saturated heterocycles. The average Bonchev–Trinajstić information content (AvgIpc) is 2.72. The van der Waals surface area contributed by atoms with Crippen molar-refractivity contribution < 1.29 is 14.9 Å². The van der Waals surface area contributed by atoms with Crippen LogP contribution in [0.15, 0.2) is 42.6 Å². The third-order valence-electron chi connectivity index (χ3n) is 4.34. The highest BCUT2D eigenvalue weighted by atomic mass is 16.5. The Morgan fingerprint density at radius 2 is 1.82 bits per heavy atom. The quantitative estimate of drug-likeness (QED) is 0.397. The normalized spacial score (nSPS) is 14.1. The molecule has 0 bridgehead atoms. The molecular weight excluding hydrogens is 360 g/mol. The highest BCUT2D eigenvalue weighted by molar-refractivity contribution is 5.68. The number of anilines is 4. The van der Waals surface area contributed by atoms with Gasteiger partial charge in [0, 0.05) is 42.7 Å². The van der Waals surface area contributed by atoms with E-state index >= 15 is 0 Å². The number of aromatic nitrogens is 3. The molecule has 3 heterocycles. The van der Waals surface area contributed by atoms with Crippen LogP contribution in [0.5, 0.6) is 11.5 Å². The molecule has 0 saturated carbocycles. The molecule has 4 rings (SSSR count). The van der Waals surface area contributed by atoms with Gasteiger partial charge in [0.1, 0.15) is 11.6 Å². The Morgan fingerprint density at radius 1 is 1.00 bits per heavy atom. The zero-order chi connectivity index (χ0) is 19.5. The average molecular weight is 380 g/mol. The van der Waals surface area contributed by atoms with E-state index in [0.29, 0.717) is 55.3 Å². The number of rotatable bonds is 4. The first-order valence-corrected chi connectivity index (χ1v) is 8.81. The van der Waals surface area contributed by atoms with Gasteiger partial charge in [-0.05, 0) is 24.3 Å². The molecule has 9 heteroatoms. The standard InChI is InChI=1S/C19H20N6O3/c20-17-4-1-12(11-21-17)14-10-18(22-13-2-3-15(26)16(27)9-13)24-19(23-14)25-5-7-28-8-6-25/h1-4,9-11,26-27H,5-8H2,(H2,20,21)(H,22,23,24). The van der Waals surface area contributed by atoms with E-state index < -0.39 is 0 Å². The monoisotopic (exact) mass is 380 g/mol. The van der Waals surface area contributed by atoms with E-state index in [4.69, 9.17) is 10.5 Å². The van der Waals surface area contributed by atoms with Gasteiger partial charge < -0.3 is 30.9 Å². The van der Waals surface area contributed by atoms with Gasteiger partial charge in [0.25, 0.3) is 0 Å². The predicted octanol–water partition coefficient (Wildman–Crippen LogP) is 2.11. The number of phenolic OH excluding ortho intramolecular Hbond substituents is 2. The maximum absolute atomic E-state index is 9.73. The molecule has 1 fully saturated rings. The fourth-order valence-electron chi connectivity index (χ4n) is 2.86. The van der Waals surface area contributed by atoms with Crippen molar-refractivity contribution in [1.29, 1.82) is 0 Å². The van der Waals surface area contributed by atoms with Crippen LogP contribution in [0.2, 0.25) is 0 Å². The number of hydrogen-bond acceptors (Lipinski definition) is 9. The molecule has 0 aliphatic carbocycles. The van der Waals surface area contributed by atoms with Crippen LogP contribution in [0.3, 0.4) is 0 Å². The molecule has 0 unspecified atom stereocenters. The van der Waals surface area contributed by atoms with Crippen molar-refractivity contribution in [2.45, 2.75) is 0 Å². The van der Waals surface area contributed by atoms with Crippen molar-refractivity contribution >= 4 is 23.3 Å². The fourth-order valence-corrected chi connectivity index (χ4v) is 2.86. The second-order valence-corrected chi connectivity index (χ2v) is 6.34. The van der Waals surface area contributed by atoms with Crippen molar-refractivity contribution in [3.63, 3.8) is 0 Å². The topological polar surface area (TPSA) is 130 Å². The number of ether oxygens (including phenoxy) is 1. The summed E-state index contributed by atoms with van der Waals surface area (Å²) in [5, 5.41) is 22.4. The van der Waals surface area contributed by atoms with Crippen molar-refractivity contribution in [3.8, 4) is 22.8 Å². The molecule has 0 radical (unpaired) electrons. The second kappa shape index (κ2) is 7.57. The molecule has 0 amide bonds. The van der Waals surface area contributed by atoms with E-state index in [1.54, 1.807) is 24.4 Å². The predicted molar refractivity (Wildman–Crippen MR) is 106 cm³/mol. The zero-order valence-corrected chi connectivity index (χ0v) is 15.0. The van der Waals surface area contributed by atoms with E-state index in [-0.39, 0.29) is 11.5 Å². The van der Waals surface area contributed by atoms with Crippen LogP contribution in [0.4, 0.5) is 23.3 Å². The summed E-state index contributed by atoms with van der Waals surface area (Å²) in [7, 11) is 0. The third-order valence-corrected chi connectivity index (χ3v) is 4.34. The summed E-state index contributed by atoms with van der Waals surface area (Å²) < 4.78 is 5.41. The van der Waals surface area contributed by atoms with Gasteiger partial charge in [-0.15, -0.1) is 0 Å². The second-order valence-electron chi connectivity index (χ2n) is 6.34. The minimum Gasteiger partial charge on any atom is -0.504 e. The van der Waals surface area contributed by atoms with Gasteiger partial charge in [0.05, 0.1) is 18.9 Å². The molecule has 144 valence electrons. The highest BCUT2D eigenvalue weighted by Gasteiger charge is 2.17. The fraction of sp³-hybridized carbons (Fsp3) is 0.211. The maximum Gasteiger partial charge on any atom is 0.228 e. The first-order valence-electron chi connectivity index (χ1n) is 8.81. The lowest BCUT2D eigenvalue weighted by molar-refractivity contribution is 0.122. The molecule has 3 aromatic rings. The van der Waals surface area contributed by atoms with E-state index in [9.17, 15) is 10.2 Å². The van der Waals surface area contributed by atoms with E-state index in [0.717, 1.165) is 5.56 Å². The van der Waals surface area contributed by atoms with Crippen molar-refractivity contribution in [2.75, 3.05) is 42.3 Å². The van der Waals surface area contributed by atoms with Gasteiger partial charge in [-0.2, -0.15) is 4.98 Å². The van der Waals surface area contributed by atoms with Gasteiger partial charge in [0.15, 0.2) is 11.5 Å². The Bertz CT molecular complexity index is 974. The van der Waals surface area contributed by atoms with E-state index in [1.165, 1.54) is 12.1 Å². The van der Waals surface area contributed by atoms with Crippen LogP contribution in [-0.4, -0.2) is 51.5 Å². The van der Waals surface area contributed by atoms with Crippen LogP contribution in [0.1, 0.15) is 0 Å². The van der Waals surface area contributed by atoms with Crippen LogP contribution >= 0.6 is 0 Å². The third kappa shape index (κ3) is 3.89. The van der Waals surface area contributed by atoms with Crippen LogP contribution in [0.25, 0.3) is 11.3 Å². The summed E-state index contributed by atoms with van der Waals surface area (Å²) in [6.45, 7) is 2.63. The summed E-state index contributed by atoms with van der Waals surface area (Å²) in [5.74, 6) is 1.16. The Kier molecular flexibility index (Phi) is 4.81. The molecule has 0 spiro atoms. The summed E-state index contributed by atoms with van der Waals surface area (Å²) in [6.07, 6.45) is 1.66. The van der Waals surface area contributed by atoms with Crippen LogP contribution < -0.4 is 16.0 Å². The molecule has 5 N–H and O–H groups in total. The van der Waals surface area contributed by atoms with Crippen LogP contribution in [0, 0.1) is 0 Å². The zero-order valence-electron chi connectivity index (χ0n) is 15.0. The number of phenols is 2. The van der Waals surface area contributed by atoms with Crippen molar-refractivity contribution in [2.24, 2.45) is 0 Å². The van der Waals surface area contributed by atoms with E-state index in [2.05, 4.69) is 25.2 Å². The number of aromatic hydroxyl groups is 2. The number of nitrogens with zero attached hydrogens (tertiary/aromatic N) is 4. The largest absolute Gasteiger partial charge is 0.504 e. The molecule has 28 heavy (non-hydrogen) atoms. The van der Waals surface area contributed by atoms with Crippen molar-refractivity contribution in [3.05, 3.63) is 42.6 Å². The summed E-state index contributed by atoms with van der Waals surface area (Å²) in [4.78, 5) is 15.5. The number of nitrogens with one attached hydrogen (secondary N) is 1. The molecule has 9 nitrogen and oxygen atoms in total. The SMILES string of the molecule is Nc1ccc(-c2cc(Nc3ccc(O)c(O)c3)nc(N3CCOCC3)n2)cn1. The number of nitrogens with two attached hydrogens (primary N) is 1. The van der Waals surface area contributed by atoms with Gasteiger partial charge in [-0.1, -0.05) is 0 Å². The molecular formula is C19H20N6O3. The summed E-state index contributed by atoms with van der Waals surface area (Å²) >= 11 is 0. The summed E-state index contributed by atoms with van der Waals surface area (Å²) in [5.41, 5.74) is 7.77. The van der Waals surface area contributed by atoms with Crippen molar-refractivity contribution in [1.82, 2.24) is 15.0 Å². The van der Waals surface area contributed by atoms with Gasteiger partial charge in [0.2, 0.25) is 5.95 Å². The Hall–Kier alpha value is -3.59. The molecule has 0 atom stereocenters. The lowest BCUT2D eigenvalue weighted by atomic mass is 10.2. The number of hydrogen-bond donors (Lipinski definition) is 4. The number of pyridine rings is 1. The molecule has 1 aliphatic rings. The molecule has 1 aliphatic heterocycles. The lowest BCUT2D eigenvalue weighted by Crippen LogP contribution is -2.37. The smallest absolute Gasteiger partial charge is 0.228 e. The van der Waals surface area contributed by atoms with Gasteiger partial charge in [-0.3, -0.25) is 0 Å². The lowest BCUT2D eigenvalue weighted by Gasteiger charge is -2.27. The number of benzene rings is 1. The Balaban J connectivity index is 1.72. The Morgan fingerprint density at radius 3 is 2.54 bits per heavy atom. The summed E-state index contributed by atoms with van der Waals surface area (Å²) in [6, 6.07) is 9.85. The minimum atomic E-state index is -0.213. The Labute approximate surface area is 161 Å². The van der Waals surface area contributed by atoms with Crippen LogP contribution in [-0.2, 0) is 4.74 Å². The first kappa shape index (κ1) is 17.8. The van der Waals surface area contributed by atoms with E-state index in [1.807, 2.05) is 6.07 Å². The minimum absolute atomic E-state index is 0.184. The van der Waals surface area contributed by atoms with Gasteiger partial charge >= 0.3 is 0 Å². The molecule has 2 aromatic heterocycles. The van der Waals surface area contributed by atoms with Gasteiger partial charge in [-0.25, -0.2) is 9.97 Å². The highest BCUT2D eigenvalue weighted by Crippen LogP contribution is 2.30. The number of nitrogen functional groups attached to an aromatic ring is 1. The first-order chi connectivity index (χ1) is 13.6. The maximum atomic E-state index is 9.73.